The summed E-state index contributed by atoms with van der Waals surface area (Å²) in [6.45, 7) is 0. The molecule has 1 fully saturated rings. The fourth-order valence-electron chi connectivity index (χ4n) is 2.64. The molecule has 1 aliphatic rings. The molecule has 0 bridgehead atoms. The highest BCUT2D eigenvalue weighted by atomic mass is 32.2. The number of imidazole rings is 1. The van der Waals surface area contributed by atoms with Crippen LogP contribution in [0.15, 0.2) is 24.3 Å². The van der Waals surface area contributed by atoms with Crippen LogP contribution >= 0.6 is 12.2 Å². The van der Waals surface area contributed by atoms with Gasteiger partial charge in [-0.15, -0.1) is 0 Å². The van der Waals surface area contributed by atoms with Crippen LogP contribution < -0.4 is 0 Å². The lowest BCUT2D eigenvalue weighted by molar-refractivity contribution is 0.475. The number of rotatable bonds is 1. The van der Waals surface area contributed by atoms with Crippen molar-refractivity contribution in [1.29, 1.82) is 0 Å². The van der Waals surface area contributed by atoms with Crippen molar-refractivity contribution in [3.63, 3.8) is 0 Å². The predicted molar refractivity (Wildman–Crippen MR) is 74.0 cm³/mol. The first kappa shape index (κ1) is 11.9. The lowest BCUT2D eigenvalue weighted by atomic mass is 10.2. The zero-order valence-corrected chi connectivity index (χ0v) is 11.4. The summed E-state index contributed by atoms with van der Waals surface area (Å²) in [4.78, 5) is 3.13. The Balaban J connectivity index is 2.14. The predicted octanol–water partition coefficient (Wildman–Crippen LogP) is 2.45. The largest absolute Gasteiger partial charge is 0.331 e. The lowest BCUT2D eigenvalue weighted by Gasteiger charge is -2.23. The summed E-state index contributed by atoms with van der Waals surface area (Å²) in [5, 5.41) is 0. The van der Waals surface area contributed by atoms with E-state index in [0.717, 1.165) is 17.5 Å². The van der Waals surface area contributed by atoms with E-state index in [9.17, 15) is 8.42 Å². The van der Waals surface area contributed by atoms with E-state index in [1.54, 1.807) is 0 Å². The zero-order valence-electron chi connectivity index (χ0n) is 9.80. The molecule has 1 aromatic heterocycles. The number of H-pyrrole nitrogens is 1. The van der Waals surface area contributed by atoms with Crippen LogP contribution in [0.25, 0.3) is 11.0 Å². The smallest absolute Gasteiger partial charge is 0.178 e. The number of aromatic amines is 1. The molecule has 6 heteroatoms. The van der Waals surface area contributed by atoms with Gasteiger partial charge in [-0.2, -0.15) is 0 Å². The van der Waals surface area contributed by atoms with E-state index in [-0.39, 0.29) is 11.8 Å². The van der Waals surface area contributed by atoms with Gasteiger partial charge in [0.15, 0.2) is 14.6 Å². The summed E-state index contributed by atoms with van der Waals surface area (Å²) in [6, 6.07) is 7.78. The molecule has 3 rings (SSSR count). The third-order valence-corrected chi connectivity index (χ3v) is 5.53. The molecule has 1 N–H and O–H groups in total. The molecule has 1 saturated heterocycles. The summed E-state index contributed by atoms with van der Waals surface area (Å²) in [6.07, 6.45) is 1.59. The first-order chi connectivity index (χ1) is 8.57. The molecule has 0 saturated carbocycles. The van der Waals surface area contributed by atoms with Crippen LogP contribution in [0.1, 0.15) is 18.9 Å². The molecule has 4 nitrogen and oxygen atoms in total. The molecule has 18 heavy (non-hydrogen) atoms. The second-order valence-electron chi connectivity index (χ2n) is 4.73. The van der Waals surface area contributed by atoms with Crippen molar-refractivity contribution < 1.29 is 8.42 Å². The van der Waals surface area contributed by atoms with Crippen molar-refractivity contribution in [2.75, 3.05) is 11.5 Å². The van der Waals surface area contributed by atoms with Crippen LogP contribution in [0.5, 0.6) is 0 Å². The summed E-state index contributed by atoms with van der Waals surface area (Å²) in [5.41, 5.74) is 1.95. The van der Waals surface area contributed by atoms with Crippen LogP contribution in [0.2, 0.25) is 0 Å². The Kier molecular flexibility index (Phi) is 2.79. The number of nitrogens with one attached hydrogen (secondary N) is 1. The van der Waals surface area contributed by atoms with Gasteiger partial charge in [-0.3, -0.25) is 0 Å². The average Bonchev–Trinajstić information content (AvgIpc) is 2.63. The molecule has 2 heterocycles. The Bertz CT molecular complexity index is 743. The van der Waals surface area contributed by atoms with Gasteiger partial charge >= 0.3 is 0 Å². The third-order valence-electron chi connectivity index (χ3n) is 3.43. The minimum Gasteiger partial charge on any atom is -0.331 e. The standard InChI is InChI=1S/C12H14N2O2S2/c15-18(16)7-3-4-9(8-18)14-11-6-2-1-5-10(11)13-12(14)17/h1-2,5-6,9H,3-4,7-8H2,(H,13,17). The third kappa shape index (κ3) is 1.99. The van der Waals surface area contributed by atoms with E-state index in [2.05, 4.69) is 4.98 Å². The molecule has 0 aliphatic carbocycles. The van der Waals surface area contributed by atoms with E-state index in [1.165, 1.54) is 0 Å². The van der Waals surface area contributed by atoms with Crippen LogP contribution in [0, 0.1) is 4.77 Å². The van der Waals surface area contributed by atoms with Gasteiger partial charge in [-0.05, 0) is 37.2 Å². The van der Waals surface area contributed by atoms with Crippen molar-refractivity contribution >= 4 is 33.1 Å². The fourth-order valence-corrected chi connectivity index (χ4v) is 4.67. The monoisotopic (exact) mass is 282 g/mol. The van der Waals surface area contributed by atoms with Gasteiger partial charge in [0.05, 0.1) is 28.6 Å². The molecule has 1 unspecified atom stereocenters. The van der Waals surface area contributed by atoms with Gasteiger partial charge < -0.3 is 9.55 Å². The first-order valence-electron chi connectivity index (χ1n) is 5.96. The van der Waals surface area contributed by atoms with Gasteiger partial charge in [-0.25, -0.2) is 8.42 Å². The maximum Gasteiger partial charge on any atom is 0.178 e. The van der Waals surface area contributed by atoms with Gasteiger partial charge in [0.1, 0.15) is 0 Å². The van der Waals surface area contributed by atoms with Gasteiger partial charge in [0, 0.05) is 0 Å². The zero-order chi connectivity index (χ0) is 12.8. The molecule has 96 valence electrons. The van der Waals surface area contributed by atoms with Crippen molar-refractivity contribution in [1.82, 2.24) is 9.55 Å². The Morgan fingerprint density at radius 3 is 2.89 bits per heavy atom. The summed E-state index contributed by atoms with van der Waals surface area (Å²) < 4.78 is 26.1. The van der Waals surface area contributed by atoms with Crippen LogP contribution in [-0.2, 0) is 9.84 Å². The van der Waals surface area contributed by atoms with Crippen molar-refractivity contribution in [3.8, 4) is 0 Å². The SMILES string of the molecule is O=S1(=O)CCCC(n2c(=S)[nH]c3ccccc32)C1. The Hall–Kier alpha value is -1.14. The van der Waals surface area contributed by atoms with Gasteiger partial charge in [0.2, 0.25) is 0 Å². The van der Waals surface area contributed by atoms with E-state index >= 15 is 0 Å². The summed E-state index contributed by atoms with van der Waals surface area (Å²) in [5.74, 6) is 0.502. The minimum absolute atomic E-state index is 0.0348. The molecule has 0 radical (unpaired) electrons. The van der Waals surface area contributed by atoms with Crippen LogP contribution in [-0.4, -0.2) is 29.5 Å². The molecule has 0 spiro atoms. The second-order valence-corrected chi connectivity index (χ2v) is 7.34. The number of hydrogen-bond acceptors (Lipinski definition) is 3. The van der Waals surface area contributed by atoms with Crippen molar-refractivity contribution in [2.45, 2.75) is 18.9 Å². The molecular formula is C12H14N2O2S2. The molecular weight excluding hydrogens is 268 g/mol. The molecule has 1 aromatic carbocycles. The van der Waals surface area contributed by atoms with E-state index in [4.69, 9.17) is 12.2 Å². The molecule has 0 amide bonds. The highest BCUT2D eigenvalue weighted by Crippen LogP contribution is 2.27. The highest BCUT2D eigenvalue weighted by molar-refractivity contribution is 7.91. The number of fused-ring (bicyclic) bond motifs is 1. The minimum atomic E-state index is -2.92. The van der Waals surface area contributed by atoms with Crippen molar-refractivity contribution in [3.05, 3.63) is 29.0 Å². The van der Waals surface area contributed by atoms with E-state index in [0.29, 0.717) is 16.9 Å². The van der Waals surface area contributed by atoms with Crippen LogP contribution in [0.4, 0.5) is 0 Å². The maximum atomic E-state index is 11.7. The second kappa shape index (κ2) is 4.20. The average molecular weight is 282 g/mol. The van der Waals surface area contributed by atoms with Crippen LogP contribution in [0.3, 0.4) is 0 Å². The summed E-state index contributed by atoms with van der Waals surface area (Å²) >= 11 is 5.32. The Morgan fingerprint density at radius 1 is 1.33 bits per heavy atom. The van der Waals surface area contributed by atoms with E-state index < -0.39 is 9.84 Å². The van der Waals surface area contributed by atoms with E-state index in [1.807, 2.05) is 28.8 Å². The normalized spacial score (nSPS) is 23.2. The number of para-hydroxylation sites is 2. The maximum absolute atomic E-state index is 11.7. The molecule has 2 aromatic rings. The number of hydrogen-bond donors (Lipinski definition) is 1. The highest BCUT2D eigenvalue weighted by Gasteiger charge is 2.27. The topological polar surface area (TPSA) is 54.9 Å². The fraction of sp³-hybridized carbons (Fsp3) is 0.417. The van der Waals surface area contributed by atoms with Crippen molar-refractivity contribution in [2.24, 2.45) is 0 Å². The lowest BCUT2D eigenvalue weighted by Crippen LogP contribution is -2.27. The summed E-state index contributed by atoms with van der Waals surface area (Å²) in [7, 11) is -2.92. The number of nitrogens with zero attached hydrogens (tertiary/aromatic N) is 1. The Labute approximate surface area is 111 Å². The quantitative estimate of drug-likeness (QED) is 0.817. The molecule has 1 aliphatic heterocycles. The van der Waals surface area contributed by atoms with Gasteiger partial charge in [-0.1, -0.05) is 12.1 Å². The number of benzene rings is 1. The number of sulfone groups is 1. The molecule has 1 atom stereocenters. The van der Waals surface area contributed by atoms with Gasteiger partial charge in [0.25, 0.3) is 0 Å². The number of aromatic nitrogens is 2. The first-order valence-corrected chi connectivity index (χ1v) is 8.19. The Morgan fingerprint density at radius 2 is 2.11 bits per heavy atom.